The van der Waals surface area contributed by atoms with Crippen LogP contribution >= 0.6 is 0 Å². The topological polar surface area (TPSA) is 54.2 Å². The van der Waals surface area contributed by atoms with E-state index >= 15 is 0 Å². The Hall–Kier alpha value is -2.88. The molecule has 0 spiro atoms. The number of ether oxygens (including phenoxy) is 1. The Bertz CT molecular complexity index is 813. The van der Waals surface area contributed by atoms with E-state index in [2.05, 4.69) is 10.2 Å². The van der Waals surface area contributed by atoms with Gasteiger partial charge in [0.05, 0.1) is 12.8 Å². The molecule has 3 aromatic carbocycles. The minimum Gasteiger partial charge on any atom is -0.506 e. The second-order valence-electron chi connectivity index (χ2n) is 4.56. The lowest BCUT2D eigenvalue weighted by Gasteiger charge is -2.04. The number of rotatable bonds is 3. The number of aromatic hydroxyl groups is 1. The first kappa shape index (κ1) is 13.1. The van der Waals surface area contributed by atoms with Gasteiger partial charge in [0.1, 0.15) is 17.2 Å². The van der Waals surface area contributed by atoms with Gasteiger partial charge in [-0.15, -0.1) is 5.11 Å². The van der Waals surface area contributed by atoms with Crippen LogP contribution in [0.25, 0.3) is 10.8 Å². The average Bonchev–Trinajstić information content (AvgIpc) is 2.54. The van der Waals surface area contributed by atoms with E-state index in [9.17, 15) is 5.11 Å². The quantitative estimate of drug-likeness (QED) is 0.688. The third kappa shape index (κ3) is 2.69. The fourth-order valence-electron chi connectivity index (χ4n) is 2.13. The van der Waals surface area contributed by atoms with E-state index in [1.807, 2.05) is 48.5 Å². The molecule has 0 unspecified atom stereocenters. The molecular formula is C17H14N2O2. The van der Waals surface area contributed by atoms with E-state index in [0.717, 1.165) is 10.8 Å². The van der Waals surface area contributed by atoms with Gasteiger partial charge in [-0.05, 0) is 23.6 Å². The average molecular weight is 278 g/mol. The molecule has 0 amide bonds. The summed E-state index contributed by atoms with van der Waals surface area (Å²) in [5.74, 6) is 0.828. The largest absolute Gasteiger partial charge is 0.506 e. The van der Waals surface area contributed by atoms with Crippen molar-refractivity contribution in [3.63, 3.8) is 0 Å². The number of phenolic OH excluding ortho intramolecular Hbond substituents is 1. The van der Waals surface area contributed by atoms with Gasteiger partial charge in [0, 0.05) is 11.5 Å². The summed E-state index contributed by atoms with van der Waals surface area (Å²) in [6.07, 6.45) is 0. The Balaban J connectivity index is 2.04. The molecule has 21 heavy (non-hydrogen) atoms. The van der Waals surface area contributed by atoms with Crippen LogP contribution in [-0.2, 0) is 0 Å². The predicted molar refractivity (Wildman–Crippen MR) is 82.8 cm³/mol. The molecule has 0 saturated carbocycles. The van der Waals surface area contributed by atoms with Crippen LogP contribution in [0.15, 0.2) is 70.9 Å². The Morgan fingerprint density at radius 2 is 1.76 bits per heavy atom. The molecule has 4 heteroatoms. The maximum absolute atomic E-state index is 10.0. The number of fused-ring (bicyclic) bond motifs is 1. The zero-order valence-corrected chi connectivity index (χ0v) is 11.5. The van der Waals surface area contributed by atoms with E-state index in [0.29, 0.717) is 17.1 Å². The van der Waals surface area contributed by atoms with Gasteiger partial charge < -0.3 is 9.84 Å². The minimum absolute atomic E-state index is 0.111. The van der Waals surface area contributed by atoms with Gasteiger partial charge >= 0.3 is 0 Å². The molecule has 0 aromatic heterocycles. The van der Waals surface area contributed by atoms with Gasteiger partial charge in [0.25, 0.3) is 0 Å². The van der Waals surface area contributed by atoms with E-state index < -0.39 is 0 Å². The van der Waals surface area contributed by atoms with E-state index in [1.54, 1.807) is 19.2 Å². The molecule has 0 saturated heterocycles. The van der Waals surface area contributed by atoms with E-state index in [1.165, 1.54) is 0 Å². The van der Waals surface area contributed by atoms with Crippen molar-refractivity contribution in [2.24, 2.45) is 10.2 Å². The van der Waals surface area contributed by atoms with Crippen molar-refractivity contribution in [1.82, 2.24) is 0 Å². The SMILES string of the molecule is COc1cccc(N=Nc2c(O)ccc3ccccc23)c1. The van der Waals surface area contributed by atoms with Gasteiger partial charge in [0.2, 0.25) is 0 Å². The molecule has 1 N–H and O–H groups in total. The summed E-state index contributed by atoms with van der Waals surface area (Å²) in [5.41, 5.74) is 1.14. The predicted octanol–water partition coefficient (Wildman–Crippen LogP) is 4.97. The Kier molecular flexibility index (Phi) is 3.51. The van der Waals surface area contributed by atoms with Crippen LogP contribution in [-0.4, -0.2) is 12.2 Å². The minimum atomic E-state index is 0.111. The highest BCUT2D eigenvalue weighted by molar-refractivity contribution is 5.95. The van der Waals surface area contributed by atoms with Gasteiger partial charge in [-0.1, -0.05) is 36.4 Å². The summed E-state index contributed by atoms with van der Waals surface area (Å²) in [4.78, 5) is 0. The van der Waals surface area contributed by atoms with Crippen LogP contribution in [0.5, 0.6) is 11.5 Å². The van der Waals surface area contributed by atoms with Crippen LogP contribution in [0.4, 0.5) is 11.4 Å². The lowest BCUT2D eigenvalue weighted by atomic mass is 10.1. The summed E-state index contributed by atoms with van der Waals surface area (Å²) >= 11 is 0. The highest BCUT2D eigenvalue weighted by Crippen LogP contribution is 2.36. The van der Waals surface area contributed by atoms with Crippen LogP contribution in [0.1, 0.15) is 0 Å². The monoisotopic (exact) mass is 278 g/mol. The molecule has 0 fully saturated rings. The van der Waals surface area contributed by atoms with Crippen molar-refractivity contribution >= 4 is 22.1 Å². The first-order chi connectivity index (χ1) is 10.3. The van der Waals surface area contributed by atoms with E-state index in [-0.39, 0.29) is 5.75 Å². The first-order valence-corrected chi connectivity index (χ1v) is 6.54. The summed E-state index contributed by atoms with van der Waals surface area (Å²) < 4.78 is 5.15. The van der Waals surface area contributed by atoms with Crippen LogP contribution in [0, 0.1) is 0 Å². The van der Waals surface area contributed by atoms with Gasteiger partial charge in [0.15, 0.2) is 0 Å². The Labute approximate surface area is 122 Å². The number of hydrogen-bond donors (Lipinski definition) is 1. The second-order valence-corrected chi connectivity index (χ2v) is 4.56. The number of phenols is 1. The standard InChI is InChI=1S/C17H14N2O2/c1-21-14-7-4-6-13(11-14)18-19-17-15-8-3-2-5-12(15)9-10-16(17)20/h2-11,20H,1H3. The molecule has 0 atom stereocenters. The van der Waals surface area contributed by atoms with Crippen molar-refractivity contribution in [3.05, 3.63) is 60.7 Å². The molecule has 0 bridgehead atoms. The van der Waals surface area contributed by atoms with Crippen molar-refractivity contribution in [2.75, 3.05) is 7.11 Å². The van der Waals surface area contributed by atoms with Gasteiger partial charge in [-0.2, -0.15) is 5.11 Å². The molecule has 0 heterocycles. The fraction of sp³-hybridized carbons (Fsp3) is 0.0588. The number of azo groups is 1. The maximum atomic E-state index is 10.0. The molecule has 0 aliphatic rings. The smallest absolute Gasteiger partial charge is 0.143 e. The normalized spacial score (nSPS) is 11.1. The van der Waals surface area contributed by atoms with Gasteiger partial charge in [-0.3, -0.25) is 0 Å². The molecule has 0 radical (unpaired) electrons. The maximum Gasteiger partial charge on any atom is 0.143 e. The second kappa shape index (κ2) is 5.63. The summed E-state index contributed by atoms with van der Waals surface area (Å²) in [6.45, 7) is 0. The van der Waals surface area contributed by atoms with Crippen molar-refractivity contribution in [2.45, 2.75) is 0 Å². The summed E-state index contributed by atoms with van der Waals surface area (Å²) in [6, 6.07) is 18.5. The summed E-state index contributed by atoms with van der Waals surface area (Å²) in [5, 5.41) is 20.3. The molecule has 104 valence electrons. The van der Waals surface area contributed by atoms with Crippen molar-refractivity contribution in [1.29, 1.82) is 0 Å². The molecule has 3 rings (SSSR count). The lowest BCUT2D eigenvalue weighted by molar-refractivity contribution is 0.415. The molecule has 0 aliphatic carbocycles. The number of hydrogen-bond acceptors (Lipinski definition) is 4. The lowest BCUT2D eigenvalue weighted by Crippen LogP contribution is -1.80. The number of methoxy groups -OCH3 is 1. The van der Waals surface area contributed by atoms with Crippen LogP contribution in [0.3, 0.4) is 0 Å². The molecular weight excluding hydrogens is 264 g/mol. The third-order valence-corrected chi connectivity index (χ3v) is 3.20. The first-order valence-electron chi connectivity index (χ1n) is 6.54. The van der Waals surface area contributed by atoms with Crippen molar-refractivity contribution in [3.8, 4) is 11.5 Å². The van der Waals surface area contributed by atoms with Gasteiger partial charge in [-0.25, -0.2) is 0 Å². The zero-order valence-electron chi connectivity index (χ0n) is 11.5. The third-order valence-electron chi connectivity index (χ3n) is 3.20. The van der Waals surface area contributed by atoms with Crippen molar-refractivity contribution < 1.29 is 9.84 Å². The Morgan fingerprint density at radius 1 is 0.905 bits per heavy atom. The zero-order chi connectivity index (χ0) is 14.7. The Morgan fingerprint density at radius 3 is 2.62 bits per heavy atom. The van der Waals surface area contributed by atoms with Crippen LogP contribution < -0.4 is 4.74 Å². The highest BCUT2D eigenvalue weighted by Gasteiger charge is 2.05. The van der Waals surface area contributed by atoms with E-state index in [4.69, 9.17) is 4.74 Å². The molecule has 0 aliphatic heterocycles. The highest BCUT2D eigenvalue weighted by atomic mass is 16.5. The molecule has 3 aromatic rings. The summed E-state index contributed by atoms with van der Waals surface area (Å²) in [7, 11) is 1.60. The molecule has 4 nitrogen and oxygen atoms in total. The number of nitrogens with zero attached hydrogens (tertiary/aromatic N) is 2. The fourth-order valence-corrected chi connectivity index (χ4v) is 2.13. The van der Waals surface area contributed by atoms with Crippen LogP contribution in [0.2, 0.25) is 0 Å². The number of benzene rings is 3.